The molecule has 2 nitrogen and oxygen atoms in total. The number of hydrogen-bond donors (Lipinski definition) is 0. The van der Waals surface area contributed by atoms with Crippen molar-refractivity contribution in [3.63, 3.8) is 0 Å². The van der Waals surface area contributed by atoms with Crippen LogP contribution in [-0.4, -0.2) is 5.97 Å². The van der Waals surface area contributed by atoms with Gasteiger partial charge in [0.1, 0.15) is 0 Å². The predicted octanol–water partition coefficient (Wildman–Crippen LogP) is 5.04. The second kappa shape index (κ2) is 7.10. The first-order chi connectivity index (χ1) is 8.45. The Morgan fingerprint density at radius 3 is 2.33 bits per heavy atom. The van der Waals surface area contributed by atoms with E-state index in [1.165, 1.54) is 5.56 Å². The first-order valence-electron chi connectivity index (χ1n) is 5.81. The van der Waals surface area contributed by atoms with Crippen molar-refractivity contribution in [3.05, 3.63) is 38.8 Å². The Balaban J connectivity index is 2.94. The summed E-state index contributed by atoms with van der Waals surface area (Å²) in [4.78, 5) is 11.5. The van der Waals surface area contributed by atoms with Crippen molar-refractivity contribution in [3.8, 4) is 5.75 Å². The van der Waals surface area contributed by atoms with E-state index < -0.39 is 5.97 Å². The van der Waals surface area contributed by atoms with E-state index in [2.05, 4.69) is 45.4 Å². The molecule has 0 aliphatic rings. The molecule has 0 aliphatic carbocycles. The fourth-order valence-electron chi connectivity index (χ4n) is 1.41. The van der Waals surface area contributed by atoms with E-state index in [4.69, 9.17) is 4.74 Å². The average Bonchev–Trinajstić information content (AvgIpc) is 2.30. The van der Waals surface area contributed by atoms with Gasteiger partial charge in [0.2, 0.25) is 0 Å². The van der Waals surface area contributed by atoms with Gasteiger partial charge < -0.3 is 4.74 Å². The molecule has 1 aromatic rings. The van der Waals surface area contributed by atoms with Crippen molar-refractivity contribution in [2.75, 3.05) is 0 Å². The molecule has 0 heterocycles. The number of carbonyl (C=O) groups excluding carboxylic acids is 1. The zero-order valence-electron chi connectivity index (χ0n) is 10.6. The first kappa shape index (κ1) is 15.4. The molecule has 0 bridgehead atoms. The minimum atomic E-state index is -0.419. The minimum Gasteiger partial charge on any atom is -0.421 e. The molecule has 0 N–H and O–H groups in total. The molecule has 98 valence electrons. The van der Waals surface area contributed by atoms with Crippen molar-refractivity contribution in [1.29, 1.82) is 0 Å². The number of unbranched alkanes of at least 4 members (excludes halogenated alkanes) is 1. The summed E-state index contributed by atoms with van der Waals surface area (Å²) >= 11 is 6.86. The van der Waals surface area contributed by atoms with Crippen LogP contribution in [0.2, 0.25) is 0 Å². The lowest BCUT2D eigenvalue weighted by atomic mass is 10.1. The number of carbonyl (C=O) groups is 1. The Bertz CT molecular complexity index is 444. The van der Waals surface area contributed by atoms with Gasteiger partial charge in [-0.2, -0.15) is 0 Å². The van der Waals surface area contributed by atoms with E-state index in [9.17, 15) is 4.79 Å². The Labute approximate surface area is 125 Å². The van der Waals surface area contributed by atoms with Crippen LogP contribution >= 0.6 is 31.9 Å². The van der Waals surface area contributed by atoms with Gasteiger partial charge in [0.25, 0.3) is 0 Å². The highest BCUT2D eigenvalue weighted by atomic mass is 79.9. The first-order valence-corrected chi connectivity index (χ1v) is 7.40. The number of benzene rings is 1. The third kappa shape index (κ3) is 4.25. The topological polar surface area (TPSA) is 26.3 Å². The van der Waals surface area contributed by atoms with E-state index in [-0.39, 0.29) is 0 Å². The van der Waals surface area contributed by atoms with Gasteiger partial charge in [-0.05, 0) is 69.3 Å². The molecule has 0 amide bonds. The minimum absolute atomic E-state index is 0.379. The number of hydrogen-bond acceptors (Lipinski definition) is 2. The Morgan fingerprint density at radius 1 is 1.33 bits per heavy atom. The lowest BCUT2D eigenvalue weighted by molar-refractivity contribution is -0.130. The molecule has 0 aromatic heterocycles. The summed E-state index contributed by atoms with van der Waals surface area (Å²) in [6.45, 7) is 7.35. The fourth-order valence-corrected chi connectivity index (χ4v) is 2.86. The van der Waals surface area contributed by atoms with Crippen molar-refractivity contribution in [2.45, 2.75) is 33.1 Å². The van der Waals surface area contributed by atoms with Gasteiger partial charge in [-0.25, -0.2) is 4.79 Å². The molecule has 0 atom stereocenters. The monoisotopic (exact) mass is 374 g/mol. The molecule has 1 aromatic carbocycles. The molecule has 0 saturated carbocycles. The van der Waals surface area contributed by atoms with E-state index in [1.54, 1.807) is 6.92 Å². The summed E-state index contributed by atoms with van der Waals surface area (Å²) < 4.78 is 6.82. The SMILES string of the molecule is C=C(C)C(=O)Oc1c(Br)cc(CCCC)cc1Br. The number of ether oxygens (including phenoxy) is 1. The molecule has 4 heteroatoms. The van der Waals surface area contributed by atoms with Crippen molar-refractivity contribution < 1.29 is 9.53 Å². The summed E-state index contributed by atoms with van der Waals surface area (Å²) in [6, 6.07) is 3.98. The molecule has 0 unspecified atom stereocenters. The van der Waals surface area contributed by atoms with E-state index in [1.807, 2.05) is 12.1 Å². The molecule has 0 saturated heterocycles. The molecule has 0 spiro atoms. The fraction of sp³-hybridized carbons (Fsp3) is 0.357. The van der Waals surface area contributed by atoms with Crippen molar-refractivity contribution in [1.82, 2.24) is 0 Å². The van der Waals surface area contributed by atoms with Crippen LogP contribution in [0, 0.1) is 0 Å². The van der Waals surface area contributed by atoms with Crippen molar-refractivity contribution >= 4 is 37.8 Å². The number of rotatable bonds is 5. The van der Waals surface area contributed by atoms with Gasteiger partial charge in [0.05, 0.1) is 8.95 Å². The van der Waals surface area contributed by atoms with Crippen LogP contribution in [0.4, 0.5) is 0 Å². The molecule has 0 aliphatic heterocycles. The highest BCUT2D eigenvalue weighted by Gasteiger charge is 2.13. The highest BCUT2D eigenvalue weighted by Crippen LogP contribution is 2.35. The zero-order valence-corrected chi connectivity index (χ0v) is 13.7. The molecule has 0 fully saturated rings. The second-order valence-electron chi connectivity index (χ2n) is 4.16. The van der Waals surface area contributed by atoms with Gasteiger partial charge in [-0.15, -0.1) is 0 Å². The second-order valence-corrected chi connectivity index (χ2v) is 5.87. The maximum Gasteiger partial charge on any atom is 0.338 e. The predicted molar refractivity (Wildman–Crippen MR) is 80.9 cm³/mol. The number of aryl methyl sites for hydroxylation is 1. The molecular weight excluding hydrogens is 360 g/mol. The third-order valence-electron chi connectivity index (χ3n) is 2.42. The largest absolute Gasteiger partial charge is 0.421 e. The van der Waals surface area contributed by atoms with Gasteiger partial charge >= 0.3 is 5.97 Å². The van der Waals surface area contributed by atoms with E-state index in [0.29, 0.717) is 11.3 Å². The molecule has 18 heavy (non-hydrogen) atoms. The van der Waals surface area contributed by atoms with Crippen LogP contribution in [0.1, 0.15) is 32.3 Å². The Morgan fingerprint density at radius 2 is 1.89 bits per heavy atom. The summed E-state index contributed by atoms with van der Waals surface area (Å²) in [6.07, 6.45) is 3.31. The van der Waals surface area contributed by atoms with Crippen LogP contribution in [0.3, 0.4) is 0 Å². The summed E-state index contributed by atoms with van der Waals surface area (Å²) in [5.41, 5.74) is 1.59. The Hall–Kier alpha value is -0.610. The summed E-state index contributed by atoms with van der Waals surface area (Å²) in [5.74, 6) is 0.0842. The highest BCUT2D eigenvalue weighted by molar-refractivity contribution is 9.11. The summed E-state index contributed by atoms with van der Waals surface area (Å²) in [7, 11) is 0. The van der Waals surface area contributed by atoms with Crippen LogP contribution in [0.15, 0.2) is 33.2 Å². The Kier molecular flexibility index (Phi) is 6.09. The van der Waals surface area contributed by atoms with Crippen LogP contribution in [0.5, 0.6) is 5.75 Å². The smallest absolute Gasteiger partial charge is 0.338 e. The van der Waals surface area contributed by atoms with Gasteiger partial charge in [-0.1, -0.05) is 19.9 Å². The van der Waals surface area contributed by atoms with Gasteiger partial charge in [-0.3, -0.25) is 0 Å². The van der Waals surface area contributed by atoms with Crippen molar-refractivity contribution in [2.24, 2.45) is 0 Å². The van der Waals surface area contributed by atoms with Crippen LogP contribution in [0.25, 0.3) is 0 Å². The van der Waals surface area contributed by atoms with Crippen LogP contribution in [-0.2, 0) is 11.2 Å². The number of halogens is 2. The van der Waals surface area contributed by atoms with Gasteiger partial charge in [0, 0.05) is 5.57 Å². The zero-order chi connectivity index (χ0) is 13.7. The lowest BCUT2D eigenvalue weighted by Gasteiger charge is -2.10. The standard InChI is InChI=1S/C14H16Br2O2/c1-4-5-6-10-7-11(15)13(12(16)8-10)18-14(17)9(2)3/h7-8H,2,4-6H2,1,3H3. The third-order valence-corrected chi connectivity index (χ3v) is 3.60. The molecule has 0 radical (unpaired) electrons. The molecular formula is C14H16Br2O2. The normalized spacial score (nSPS) is 10.2. The average molecular weight is 376 g/mol. The maximum absolute atomic E-state index is 11.5. The number of esters is 1. The lowest BCUT2D eigenvalue weighted by Crippen LogP contribution is -2.09. The van der Waals surface area contributed by atoms with Gasteiger partial charge in [0.15, 0.2) is 5.75 Å². The van der Waals surface area contributed by atoms with Crippen LogP contribution < -0.4 is 4.74 Å². The van der Waals surface area contributed by atoms with E-state index >= 15 is 0 Å². The quantitative estimate of drug-likeness (QED) is 0.409. The maximum atomic E-state index is 11.5. The summed E-state index contributed by atoms with van der Waals surface area (Å²) in [5, 5.41) is 0. The molecule has 1 rings (SSSR count). The van der Waals surface area contributed by atoms with E-state index in [0.717, 1.165) is 28.2 Å².